The Balaban J connectivity index is 0.000000185. The monoisotopic (exact) mass is 970 g/mol. The second-order valence-corrected chi connectivity index (χ2v) is 20.2. The average Bonchev–Trinajstić information content (AvgIpc) is 3.92. The predicted molar refractivity (Wildman–Crippen MR) is 294 cm³/mol. The van der Waals surface area contributed by atoms with Crippen LogP contribution < -0.4 is 20.9 Å². The third-order valence-corrected chi connectivity index (χ3v) is 15.0. The zero-order valence-electron chi connectivity index (χ0n) is 41.4. The first-order chi connectivity index (χ1) is 34.3. The molecule has 10 rings (SSSR count). The molecule has 12 heteroatoms. The van der Waals surface area contributed by atoms with Crippen molar-refractivity contribution in [1.82, 2.24) is 30.0 Å². The molecule has 0 saturated carbocycles. The standard InChI is InChI=1S/C36H36N4S.C23H29F2N5/c1-5-7-12-26-13-10-15-28(24(26)3)30-19-20-35(38-32(30)6-2)40-22-21-27-14-11-16-29(31(27)23-40)25(4)37-36-39-33-17-8-9-18-34(33)41-36;1-15-6-8-19(17(3)26-15)22-20-9-7-18(12-21(20)29(4)28-22)27-16(2)13-30-11-5-10-23(24,25)14-30/h6,8-11,13-20H,2,4-5,7,12,21-23H2,1,3H3,(H,37,39);7,9,12,19,26-27H,1-3,5-6,8,10-11,13-14H2,4H3. The highest BCUT2D eigenvalue weighted by Crippen LogP contribution is 2.38. The molecule has 7 aromatic rings. The molecule has 0 amide bonds. The van der Waals surface area contributed by atoms with Crippen LogP contribution in [0, 0.1) is 6.92 Å². The van der Waals surface area contributed by atoms with Gasteiger partial charge >= 0.3 is 0 Å². The Kier molecular flexibility index (Phi) is 14.7. The second-order valence-electron chi connectivity index (χ2n) is 19.2. The van der Waals surface area contributed by atoms with Gasteiger partial charge in [-0.2, -0.15) is 5.10 Å². The van der Waals surface area contributed by atoms with Crippen LogP contribution in [0.3, 0.4) is 0 Å². The molecule has 2 fully saturated rings. The Bertz CT molecular complexity index is 3130. The minimum absolute atomic E-state index is 0.0278. The minimum Gasteiger partial charge on any atom is -0.363 e. The first-order valence-corrected chi connectivity index (χ1v) is 25.6. The van der Waals surface area contributed by atoms with Crippen LogP contribution in [0.25, 0.3) is 44.0 Å². The first-order valence-electron chi connectivity index (χ1n) is 24.8. The minimum atomic E-state index is -2.60. The van der Waals surface area contributed by atoms with Gasteiger partial charge in [-0.1, -0.05) is 106 Å². The summed E-state index contributed by atoms with van der Waals surface area (Å²) in [6.07, 6.45) is 8.69. The van der Waals surface area contributed by atoms with Gasteiger partial charge in [0.25, 0.3) is 5.92 Å². The average molecular weight is 970 g/mol. The molecule has 3 N–H and O–H groups in total. The topological polar surface area (TPSA) is 86.2 Å². The number of unbranched alkanes of at least 4 members (excludes halogenated alkanes) is 1. The molecule has 1 unspecified atom stereocenters. The molecule has 9 nitrogen and oxygen atoms in total. The van der Waals surface area contributed by atoms with Crippen molar-refractivity contribution in [2.45, 2.75) is 83.6 Å². The molecular formula is C59H65F2N9S. The van der Waals surface area contributed by atoms with E-state index in [0.717, 1.165) is 111 Å². The number of aromatic nitrogens is 4. The molecule has 0 spiro atoms. The Labute approximate surface area is 421 Å². The lowest BCUT2D eigenvalue weighted by Gasteiger charge is -2.32. The molecule has 71 heavy (non-hydrogen) atoms. The number of fused-ring (bicyclic) bond motifs is 3. The largest absolute Gasteiger partial charge is 0.363 e. The summed E-state index contributed by atoms with van der Waals surface area (Å²) in [6.45, 7) is 27.8. The molecule has 3 aromatic heterocycles. The van der Waals surface area contributed by atoms with Crippen LogP contribution in [0.1, 0.15) is 90.6 Å². The van der Waals surface area contributed by atoms with Crippen molar-refractivity contribution in [3.05, 3.63) is 180 Å². The number of rotatable bonds is 14. The summed E-state index contributed by atoms with van der Waals surface area (Å²) in [5.74, 6) is -1.48. The third-order valence-electron chi connectivity index (χ3n) is 14.0. The Hall–Kier alpha value is -6.89. The number of hydrogen-bond acceptors (Lipinski definition) is 9. The molecule has 366 valence electrons. The van der Waals surface area contributed by atoms with E-state index in [1.54, 1.807) is 16.2 Å². The molecule has 6 heterocycles. The summed E-state index contributed by atoms with van der Waals surface area (Å²) in [5.41, 5.74) is 17.3. The van der Waals surface area contributed by atoms with Crippen molar-refractivity contribution in [1.29, 1.82) is 0 Å². The SMILES string of the molecule is C=C1CCC(c2nn(C)c3cc(NC(=C)CN4CCCC(F)(F)C4)ccc23)C(=C)N1.C=Cc1nc(N2CCc3cccc(C(=C)Nc4nc5ccccc5s4)c3C2)ccc1-c1cccc(CCCC)c1C. The van der Waals surface area contributed by atoms with Gasteiger partial charge in [0.2, 0.25) is 0 Å². The van der Waals surface area contributed by atoms with Crippen molar-refractivity contribution >= 4 is 60.9 Å². The van der Waals surface area contributed by atoms with Crippen LogP contribution in [-0.4, -0.2) is 56.7 Å². The summed E-state index contributed by atoms with van der Waals surface area (Å²) < 4.78 is 30.3. The molecule has 4 aromatic carbocycles. The number of pyridine rings is 1. The fraction of sp³-hybridized carbons (Fsp3) is 0.305. The van der Waals surface area contributed by atoms with Crippen LogP contribution in [-0.2, 0) is 26.4 Å². The van der Waals surface area contributed by atoms with Crippen molar-refractivity contribution in [2.75, 3.05) is 41.7 Å². The van der Waals surface area contributed by atoms with Gasteiger partial charge in [-0.15, -0.1) is 0 Å². The number of aryl methyl sites for hydroxylation is 2. The van der Waals surface area contributed by atoms with E-state index in [-0.39, 0.29) is 18.9 Å². The number of piperidine rings is 2. The molecular weight excluding hydrogens is 905 g/mol. The number of likely N-dealkylation sites (tertiary alicyclic amines) is 1. The number of nitrogens with zero attached hydrogens (tertiary/aromatic N) is 6. The van der Waals surface area contributed by atoms with Gasteiger partial charge in [0, 0.05) is 84.0 Å². The number of benzene rings is 4. The number of nitrogens with one attached hydrogen (secondary N) is 3. The van der Waals surface area contributed by atoms with Gasteiger partial charge in [0.05, 0.1) is 33.7 Å². The van der Waals surface area contributed by atoms with Crippen molar-refractivity contribution in [2.24, 2.45) is 7.05 Å². The van der Waals surface area contributed by atoms with Gasteiger partial charge in [-0.3, -0.25) is 9.58 Å². The maximum Gasteiger partial charge on any atom is 0.260 e. The number of halogens is 2. The lowest BCUT2D eigenvalue weighted by atomic mass is 9.90. The van der Waals surface area contributed by atoms with E-state index in [0.29, 0.717) is 25.2 Å². The lowest BCUT2D eigenvalue weighted by molar-refractivity contribution is -0.0614. The highest BCUT2D eigenvalue weighted by atomic mass is 32.1. The van der Waals surface area contributed by atoms with Crippen LogP contribution >= 0.6 is 11.3 Å². The quantitative estimate of drug-likeness (QED) is 0.0994. The Morgan fingerprint density at radius 1 is 0.944 bits per heavy atom. The van der Waals surface area contributed by atoms with E-state index in [1.807, 2.05) is 48.1 Å². The van der Waals surface area contributed by atoms with Crippen LogP contribution in [0.2, 0.25) is 0 Å². The number of allylic oxidation sites excluding steroid dienone is 2. The zero-order chi connectivity index (χ0) is 49.8. The number of para-hydroxylation sites is 1. The second kappa shape index (κ2) is 21.2. The number of anilines is 3. The molecule has 0 aliphatic carbocycles. The summed E-state index contributed by atoms with van der Waals surface area (Å²) in [4.78, 5) is 14.0. The fourth-order valence-electron chi connectivity index (χ4n) is 10.3. The van der Waals surface area contributed by atoms with E-state index >= 15 is 0 Å². The zero-order valence-corrected chi connectivity index (χ0v) is 42.2. The summed E-state index contributed by atoms with van der Waals surface area (Å²) in [7, 11) is 1.93. The summed E-state index contributed by atoms with van der Waals surface area (Å²) >= 11 is 1.65. The number of alkyl halides is 2. The summed E-state index contributed by atoms with van der Waals surface area (Å²) in [6, 6.07) is 31.8. The summed E-state index contributed by atoms with van der Waals surface area (Å²) in [5, 5.41) is 16.7. The van der Waals surface area contributed by atoms with E-state index in [4.69, 9.17) is 15.1 Å². The Morgan fingerprint density at radius 3 is 2.56 bits per heavy atom. The van der Waals surface area contributed by atoms with Crippen LogP contribution in [0.4, 0.5) is 25.4 Å². The maximum atomic E-state index is 13.6. The molecule has 3 aliphatic rings. The smallest absolute Gasteiger partial charge is 0.260 e. The van der Waals surface area contributed by atoms with E-state index in [1.165, 1.54) is 45.4 Å². The molecule has 0 bridgehead atoms. The van der Waals surface area contributed by atoms with Gasteiger partial charge in [-0.25, -0.2) is 18.7 Å². The van der Waals surface area contributed by atoms with Crippen molar-refractivity contribution in [3.63, 3.8) is 0 Å². The van der Waals surface area contributed by atoms with Crippen LogP contribution in [0.5, 0.6) is 0 Å². The Morgan fingerprint density at radius 2 is 1.77 bits per heavy atom. The molecule has 3 aliphatic heterocycles. The normalized spacial score (nSPS) is 16.7. The van der Waals surface area contributed by atoms with Crippen molar-refractivity contribution < 1.29 is 8.78 Å². The van der Waals surface area contributed by atoms with Gasteiger partial charge < -0.3 is 20.9 Å². The van der Waals surface area contributed by atoms with Gasteiger partial charge in [0.1, 0.15) is 5.82 Å². The highest BCUT2D eigenvalue weighted by molar-refractivity contribution is 7.22. The predicted octanol–water partition coefficient (Wildman–Crippen LogP) is 14.0. The van der Waals surface area contributed by atoms with Gasteiger partial charge in [-0.05, 0) is 128 Å². The van der Waals surface area contributed by atoms with Crippen molar-refractivity contribution in [3.8, 4) is 11.1 Å². The third kappa shape index (κ3) is 11.0. The molecule has 1 atom stereocenters. The highest BCUT2D eigenvalue weighted by Gasteiger charge is 2.35. The van der Waals surface area contributed by atoms with Gasteiger partial charge in [0.15, 0.2) is 5.13 Å². The van der Waals surface area contributed by atoms with E-state index in [2.05, 4.69) is 128 Å². The number of hydrogen-bond donors (Lipinski definition) is 3. The van der Waals surface area contributed by atoms with E-state index < -0.39 is 5.92 Å². The van der Waals surface area contributed by atoms with E-state index in [9.17, 15) is 8.78 Å². The lowest BCUT2D eigenvalue weighted by Crippen LogP contribution is -2.43. The first kappa shape index (κ1) is 49.1. The molecule has 2 saturated heterocycles. The van der Waals surface area contributed by atoms with Crippen LogP contribution in [0.15, 0.2) is 141 Å². The number of thiazole rings is 1. The maximum absolute atomic E-state index is 13.6. The molecule has 0 radical (unpaired) electrons. The fourth-order valence-corrected chi connectivity index (χ4v) is 11.2.